The van der Waals surface area contributed by atoms with E-state index in [0.717, 1.165) is 44.9 Å². The number of rotatable bonds is 8. The standard InChI is InChI=1S/C23H31N5O2/c1-24-23(25-13-8-18-30-21-11-6-3-7-12-21)26-19-22(29)28-16-14-27(15-17-28)20-9-4-2-5-10-20/h2-7,9-12H,8,13-19H2,1H3,(H2,24,25,26). The molecule has 1 heterocycles. The van der Waals surface area contributed by atoms with Gasteiger partial charge in [0.25, 0.3) is 0 Å². The number of guanidine groups is 1. The van der Waals surface area contributed by atoms with Crippen LogP contribution in [0.15, 0.2) is 65.7 Å². The van der Waals surface area contributed by atoms with Crippen LogP contribution in [0.2, 0.25) is 0 Å². The van der Waals surface area contributed by atoms with E-state index in [9.17, 15) is 4.79 Å². The highest BCUT2D eigenvalue weighted by Crippen LogP contribution is 2.15. The average molecular weight is 410 g/mol. The van der Waals surface area contributed by atoms with Gasteiger partial charge >= 0.3 is 0 Å². The minimum absolute atomic E-state index is 0.0954. The van der Waals surface area contributed by atoms with Crippen LogP contribution in [0.25, 0.3) is 0 Å². The molecule has 3 rings (SSSR count). The Labute approximate surface area is 178 Å². The van der Waals surface area contributed by atoms with Crippen molar-refractivity contribution >= 4 is 17.6 Å². The summed E-state index contributed by atoms with van der Waals surface area (Å²) < 4.78 is 5.67. The topological polar surface area (TPSA) is 69.2 Å². The van der Waals surface area contributed by atoms with Gasteiger partial charge in [0.1, 0.15) is 5.75 Å². The molecule has 0 aliphatic carbocycles. The molecule has 30 heavy (non-hydrogen) atoms. The number of amides is 1. The van der Waals surface area contributed by atoms with E-state index in [-0.39, 0.29) is 12.5 Å². The lowest BCUT2D eigenvalue weighted by atomic mass is 10.2. The smallest absolute Gasteiger partial charge is 0.242 e. The molecule has 1 amide bonds. The first kappa shape index (κ1) is 21.5. The number of nitrogens with one attached hydrogen (secondary N) is 2. The molecule has 0 atom stereocenters. The third-order valence-corrected chi connectivity index (χ3v) is 5.01. The Morgan fingerprint density at radius 1 is 0.967 bits per heavy atom. The van der Waals surface area contributed by atoms with Gasteiger partial charge in [-0.1, -0.05) is 36.4 Å². The summed E-state index contributed by atoms with van der Waals surface area (Å²) in [5, 5.41) is 6.33. The van der Waals surface area contributed by atoms with E-state index < -0.39 is 0 Å². The fourth-order valence-electron chi connectivity index (χ4n) is 3.33. The van der Waals surface area contributed by atoms with Crippen LogP contribution in [0.4, 0.5) is 5.69 Å². The Morgan fingerprint density at radius 3 is 2.30 bits per heavy atom. The van der Waals surface area contributed by atoms with E-state index in [1.807, 2.05) is 53.4 Å². The van der Waals surface area contributed by atoms with Gasteiger partial charge in [-0.05, 0) is 30.7 Å². The molecule has 2 N–H and O–H groups in total. The molecule has 0 bridgehead atoms. The van der Waals surface area contributed by atoms with Crippen molar-refractivity contribution in [1.82, 2.24) is 15.5 Å². The molecule has 1 aliphatic heterocycles. The van der Waals surface area contributed by atoms with Crippen molar-refractivity contribution in [2.75, 3.05) is 57.8 Å². The monoisotopic (exact) mass is 409 g/mol. The molecule has 1 saturated heterocycles. The van der Waals surface area contributed by atoms with Crippen LogP contribution in [-0.2, 0) is 4.79 Å². The number of benzene rings is 2. The van der Waals surface area contributed by atoms with Crippen molar-refractivity contribution < 1.29 is 9.53 Å². The Morgan fingerprint density at radius 2 is 1.63 bits per heavy atom. The minimum atomic E-state index is 0.0954. The second-order valence-corrected chi connectivity index (χ2v) is 7.07. The van der Waals surface area contributed by atoms with Crippen molar-refractivity contribution in [3.05, 3.63) is 60.7 Å². The van der Waals surface area contributed by atoms with Gasteiger partial charge in [-0.3, -0.25) is 9.79 Å². The average Bonchev–Trinajstić information content (AvgIpc) is 2.82. The van der Waals surface area contributed by atoms with Crippen molar-refractivity contribution in [1.29, 1.82) is 0 Å². The van der Waals surface area contributed by atoms with Gasteiger partial charge in [0.15, 0.2) is 5.96 Å². The van der Waals surface area contributed by atoms with Crippen molar-refractivity contribution in [3.8, 4) is 5.75 Å². The lowest BCUT2D eigenvalue weighted by molar-refractivity contribution is -0.130. The van der Waals surface area contributed by atoms with Crippen molar-refractivity contribution in [2.24, 2.45) is 4.99 Å². The molecule has 2 aromatic carbocycles. The summed E-state index contributed by atoms with van der Waals surface area (Å²) in [7, 11) is 1.71. The summed E-state index contributed by atoms with van der Waals surface area (Å²) >= 11 is 0. The SMILES string of the molecule is CN=C(NCCCOc1ccccc1)NCC(=O)N1CCN(c2ccccc2)CC1. The summed E-state index contributed by atoms with van der Waals surface area (Å²) in [6.45, 7) is 4.76. The first-order valence-corrected chi connectivity index (χ1v) is 10.5. The normalized spacial score (nSPS) is 14.4. The van der Waals surface area contributed by atoms with E-state index in [4.69, 9.17) is 4.74 Å². The van der Waals surface area contributed by atoms with E-state index in [1.54, 1.807) is 7.05 Å². The minimum Gasteiger partial charge on any atom is -0.494 e. The molecule has 0 radical (unpaired) electrons. The fraction of sp³-hybridized carbons (Fsp3) is 0.391. The van der Waals surface area contributed by atoms with Crippen LogP contribution in [-0.4, -0.2) is 69.7 Å². The zero-order chi connectivity index (χ0) is 21.0. The number of hydrogen-bond donors (Lipinski definition) is 2. The fourth-order valence-corrected chi connectivity index (χ4v) is 3.33. The largest absolute Gasteiger partial charge is 0.494 e. The summed E-state index contributed by atoms with van der Waals surface area (Å²) in [5.41, 5.74) is 1.21. The highest BCUT2D eigenvalue weighted by atomic mass is 16.5. The Kier molecular flexibility index (Phi) is 8.38. The maximum absolute atomic E-state index is 12.5. The number of para-hydroxylation sites is 2. The van der Waals surface area contributed by atoms with Gasteiger partial charge in [0, 0.05) is 45.5 Å². The van der Waals surface area contributed by atoms with Crippen LogP contribution in [0, 0.1) is 0 Å². The number of hydrogen-bond acceptors (Lipinski definition) is 4. The van der Waals surface area contributed by atoms with Gasteiger partial charge in [-0.2, -0.15) is 0 Å². The summed E-state index contributed by atoms with van der Waals surface area (Å²) in [5.74, 6) is 1.60. The first-order valence-electron chi connectivity index (χ1n) is 10.5. The molecule has 0 saturated carbocycles. The van der Waals surface area contributed by atoms with Gasteiger partial charge in [-0.15, -0.1) is 0 Å². The quantitative estimate of drug-likeness (QED) is 0.396. The molecule has 2 aromatic rings. The molecule has 1 fully saturated rings. The van der Waals surface area contributed by atoms with Crippen LogP contribution in [0.1, 0.15) is 6.42 Å². The van der Waals surface area contributed by atoms with E-state index in [1.165, 1.54) is 5.69 Å². The number of ether oxygens (including phenoxy) is 1. The molecule has 0 unspecified atom stereocenters. The summed E-state index contributed by atoms with van der Waals surface area (Å²) in [6.07, 6.45) is 0.838. The second kappa shape index (κ2) is 11.7. The molecule has 7 nitrogen and oxygen atoms in total. The maximum atomic E-state index is 12.5. The van der Waals surface area contributed by atoms with Gasteiger partial charge < -0.3 is 25.2 Å². The summed E-state index contributed by atoms with van der Waals surface area (Å²) in [6, 6.07) is 20.1. The van der Waals surface area contributed by atoms with Crippen LogP contribution < -0.4 is 20.3 Å². The molecule has 7 heteroatoms. The highest BCUT2D eigenvalue weighted by molar-refractivity contribution is 5.86. The van der Waals surface area contributed by atoms with Gasteiger partial charge in [0.05, 0.1) is 13.2 Å². The number of piperazine rings is 1. The molecule has 1 aliphatic rings. The number of carbonyl (C=O) groups excluding carboxylic acids is 1. The number of aliphatic imine (C=N–C) groups is 1. The Bertz CT molecular complexity index is 790. The molecule has 160 valence electrons. The third kappa shape index (κ3) is 6.69. The third-order valence-electron chi connectivity index (χ3n) is 5.01. The Balaban J connectivity index is 1.30. The predicted octanol–water partition coefficient (Wildman–Crippen LogP) is 1.97. The maximum Gasteiger partial charge on any atom is 0.242 e. The zero-order valence-electron chi connectivity index (χ0n) is 17.6. The number of nitrogens with zero attached hydrogens (tertiary/aromatic N) is 3. The van der Waals surface area contributed by atoms with Gasteiger partial charge in [-0.25, -0.2) is 0 Å². The molecule has 0 aromatic heterocycles. The van der Waals surface area contributed by atoms with E-state index >= 15 is 0 Å². The van der Waals surface area contributed by atoms with Crippen molar-refractivity contribution in [3.63, 3.8) is 0 Å². The first-order chi connectivity index (χ1) is 14.8. The Hall–Kier alpha value is -3.22. The van der Waals surface area contributed by atoms with E-state index in [2.05, 4.69) is 32.7 Å². The number of carbonyl (C=O) groups is 1. The summed E-state index contributed by atoms with van der Waals surface area (Å²) in [4.78, 5) is 20.9. The lowest BCUT2D eigenvalue weighted by Gasteiger charge is -2.36. The van der Waals surface area contributed by atoms with Crippen LogP contribution in [0.3, 0.4) is 0 Å². The lowest BCUT2D eigenvalue weighted by Crippen LogP contribution is -2.52. The van der Waals surface area contributed by atoms with Crippen molar-refractivity contribution in [2.45, 2.75) is 6.42 Å². The van der Waals surface area contributed by atoms with Crippen LogP contribution in [0.5, 0.6) is 5.75 Å². The molecular weight excluding hydrogens is 378 g/mol. The molecular formula is C23H31N5O2. The highest BCUT2D eigenvalue weighted by Gasteiger charge is 2.21. The zero-order valence-corrected chi connectivity index (χ0v) is 17.6. The predicted molar refractivity (Wildman–Crippen MR) is 121 cm³/mol. The molecule has 0 spiro atoms. The van der Waals surface area contributed by atoms with Crippen LogP contribution >= 0.6 is 0 Å². The van der Waals surface area contributed by atoms with E-state index in [0.29, 0.717) is 12.6 Å². The van der Waals surface area contributed by atoms with Gasteiger partial charge in [0.2, 0.25) is 5.91 Å². The second-order valence-electron chi connectivity index (χ2n) is 7.07. The number of anilines is 1.